The lowest BCUT2D eigenvalue weighted by Crippen LogP contribution is -2.43. The lowest BCUT2D eigenvalue weighted by Gasteiger charge is -2.27. The van der Waals surface area contributed by atoms with Crippen LogP contribution in [0.3, 0.4) is 0 Å². The lowest BCUT2D eigenvalue weighted by atomic mass is 9.85. The van der Waals surface area contributed by atoms with E-state index in [0.717, 1.165) is 16.7 Å². The monoisotopic (exact) mass is 420 g/mol. The fraction of sp³-hybridized carbons (Fsp3) is 0.0714. The summed E-state index contributed by atoms with van der Waals surface area (Å²) < 4.78 is 0. The summed E-state index contributed by atoms with van der Waals surface area (Å²) in [6, 6.07) is 35.9. The Kier molecular flexibility index (Phi) is 6.24. The fourth-order valence-electron chi connectivity index (χ4n) is 3.60. The van der Waals surface area contributed by atoms with E-state index in [1.54, 1.807) is 48.5 Å². The van der Waals surface area contributed by atoms with Crippen LogP contribution in [0.15, 0.2) is 120 Å². The normalized spacial score (nSPS) is 11.8. The van der Waals surface area contributed by atoms with Crippen molar-refractivity contribution in [3.8, 4) is 11.1 Å². The van der Waals surface area contributed by atoms with Crippen molar-refractivity contribution in [3.05, 3.63) is 132 Å². The van der Waals surface area contributed by atoms with Gasteiger partial charge >= 0.3 is 0 Å². The van der Waals surface area contributed by atoms with Gasteiger partial charge in [-0.2, -0.15) is 5.10 Å². The van der Waals surface area contributed by atoms with Gasteiger partial charge in [0, 0.05) is 0 Å². The molecule has 0 radical (unpaired) electrons. The zero-order valence-electron chi connectivity index (χ0n) is 17.8. The lowest BCUT2D eigenvalue weighted by molar-refractivity contribution is -0.136. The Hall–Kier alpha value is -4.02. The van der Waals surface area contributed by atoms with E-state index < -0.39 is 11.5 Å². The van der Waals surface area contributed by atoms with Gasteiger partial charge in [0.1, 0.15) is 0 Å². The fourth-order valence-corrected chi connectivity index (χ4v) is 3.60. The van der Waals surface area contributed by atoms with Crippen molar-refractivity contribution in [1.29, 1.82) is 0 Å². The van der Waals surface area contributed by atoms with Gasteiger partial charge in [-0.05, 0) is 34.7 Å². The van der Waals surface area contributed by atoms with Gasteiger partial charge in [0.2, 0.25) is 0 Å². The minimum atomic E-state index is -1.86. The third-order valence-electron chi connectivity index (χ3n) is 5.45. The maximum atomic E-state index is 13.2. The Labute approximate surface area is 187 Å². The van der Waals surface area contributed by atoms with Gasteiger partial charge in [-0.25, -0.2) is 5.43 Å². The number of rotatable bonds is 6. The zero-order valence-corrected chi connectivity index (χ0v) is 17.8. The highest BCUT2D eigenvalue weighted by Gasteiger charge is 2.39. The molecular weight excluding hydrogens is 396 g/mol. The first-order chi connectivity index (χ1) is 15.6. The largest absolute Gasteiger partial charge is 0.372 e. The summed E-state index contributed by atoms with van der Waals surface area (Å²) in [6.07, 6.45) is 0. The van der Waals surface area contributed by atoms with Crippen LogP contribution in [0, 0.1) is 0 Å². The molecule has 0 spiro atoms. The predicted molar refractivity (Wildman–Crippen MR) is 128 cm³/mol. The Morgan fingerprint density at radius 3 is 1.62 bits per heavy atom. The average Bonchev–Trinajstić information content (AvgIpc) is 2.88. The van der Waals surface area contributed by atoms with Crippen LogP contribution < -0.4 is 5.43 Å². The Balaban J connectivity index is 1.57. The standard InChI is InChI=1S/C28H24N2O2/c1-21(22-17-19-24(20-18-22)23-11-5-2-6-12-23)29-30-27(31)28(32,25-13-7-3-8-14-25)26-15-9-4-10-16-26/h2-20,32H,1H3,(H,30,31)/b29-21+. The molecular formula is C28H24N2O2. The zero-order chi connectivity index (χ0) is 22.4. The molecule has 4 aromatic rings. The molecule has 0 aliphatic carbocycles. The highest BCUT2D eigenvalue weighted by molar-refractivity contribution is 6.00. The Morgan fingerprint density at radius 1 is 0.688 bits per heavy atom. The number of hydrazone groups is 1. The highest BCUT2D eigenvalue weighted by atomic mass is 16.3. The quantitative estimate of drug-likeness (QED) is 0.336. The van der Waals surface area contributed by atoms with E-state index in [1.165, 1.54) is 0 Å². The SMILES string of the molecule is C/C(=N\NC(=O)C(O)(c1ccccc1)c1ccccc1)c1ccc(-c2ccccc2)cc1. The van der Waals surface area contributed by atoms with Gasteiger partial charge in [0.05, 0.1) is 5.71 Å². The Morgan fingerprint density at radius 2 is 1.12 bits per heavy atom. The molecule has 0 aliphatic heterocycles. The summed E-state index contributed by atoms with van der Waals surface area (Å²) in [5.41, 5.74) is 5.42. The first kappa shape index (κ1) is 21.2. The molecule has 0 saturated carbocycles. The molecule has 4 heteroatoms. The molecule has 0 unspecified atom stereocenters. The molecule has 0 atom stereocenters. The van der Waals surface area contributed by atoms with Crippen LogP contribution in [0.25, 0.3) is 11.1 Å². The second-order valence-corrected chi connectivity index (χ2v) is 7.52. The first-order valence-corrected chi connectivity index (χ1v) is 10.4. The van der Waals surface area contributed by atoms with E-state index in [1.807, 2.05) is 61.5 Å². The van der Waals surface area contributed by atoms with Gasteiger partial charge in [0.25, 0.3) is 5.91 Å². The highest BCUT2D eigenvalue weighted by Crippen LogP contribution is 2.30. The van der Waals surface area contributed by atoms with Crippen molar-refractivity contribution in [1.82, 2.24) is 5.43 Å². The van der Waals surface area contributed by atoms with Crippen LogP contribution in [0.5, 0.6) is 0 Å². The molecule has 1 amide bonds. The smallest absolute Gasteiger partial charge is 0.281 e. The predicted octanol–water partition coefficient (Wildman–Crippen LogP) is 5.13. The number of benzene rings is 4. The Bertz CT molecular complexity index is 1160. The summed E-state index contributed by atoms with van der Waals surface area (Å²) in [4.78, 5) is 13.2. The van der Waals surface area contributed by atoms with E-state index in [2.05, 4.69) is 22.7 Å². The van der Waals surface area contributed by atoms with Gasteiger partial charge in [-0.3, -0.25) is 4.79 Å². The van der Waals surface area contributed by atoms with Gasteiger partial charge in [-0.1, -0.05) is 115 Å². The second-order valence-electron chi connectivity index (χ2n) is 7.52. The second kappa shape index (κ2) is 9.41. The topological polar surface area (TPSA) is 61.7 Å². The number of nitrogens with one attached hydrogen (secondary N) is 1. The van der Waals surface area contributed by atoms with Crippen molar-refractivity contribution >= 4 is 11.6 Å². The molecule has 32 heavy (non-hydrogen) atoms. The van der Waals surface area contributed by atoms with Crippen molar-refractivity contribution in [2.45, 2.75) is 12.5 Å². The molecule has 4 nitrogen and oxygen atoms in total. The molecule has 0 bridgehead atoms. The molecule has 0 heterocycles. The minimum absolute atomic E-state index is 0.476. The number of carbonyl (C=O) groups excluding carboxylic acids is 1. The number of hydrogen-bond donors (Lipinski definition) is 2. The molecule has 4 aromatic carbocycles. The van der Waals surface area contributed by atoms with Crippen LogP contribution in [-0.2, 0) is 10.4 Å². The van der Waals surface area contributed by atoms with Crippen LogP contribution in [0.2, 0.25) is 0 Å². The maximum absolute atomic E-state index is 13.2. The van der Waals surface area contributed by atoms with Crippen LogP contribution in [-0.4, -0.2) is 16.7 Å². The summed E-state index contributed by atoms with van der Waals surface area (Å²) in [5.74, 6) is -0.616. The summed E-state index contributed by atoms with van der Waals surface area (Å²) in [5, 5.41) is 15.8. The third-order valence-corrected chi connectivity index (χ3v) is 5.45. The third kappa shape index (κ3) is 4.36. The van der Waals surface area contributed by atoms with Crippen molar-refractivity contribution < 1.29 is 9.90 Å². The molecule has 2 N–H and O–H groups in total. The van der Waals surface area contributed by atoms with Gasteiger partial charge in [0.15, 0.2) is 5.60 Å². The van der Waals surface area contributed by atoms with Crippen LogP contribution in [0.4, 0.5) is 0 Å². The summed E-state index contributed by atoms with van der Waals surface area (Å²) in [6.45, 7) is 1.82. The van der Waals surface area contributed by atoms with E-state index in [-0.39, 0.29) is 0 Å². The van der Waals surface area contributed by atoms with Crippen molar-refractivity contribution in [2.75, 3.05) is 0 Å². The number of hydrogen-bond acceptors (Lipinski definition) is 3. The maximum Gasteiger partial charge on any atom is 0.281 e. The van der Waals surface area contributed by atoms with E-state index in [9.17, 15) is 9.90 Å². The van der Waals surface area contributed by atoms with Crippen LogP contribution >= 0.6 is 0 Å². The summed E-state index contributed by atoms with van der Waals surface area (Å²) in [7, 11) is 0. The number of aliphatic hydroxyl groups is 1. The average molecular weight is 421 g/mol. The van der Waals surface area contributed by atoms with E-state index in [0.29, 0.717) is 16.8 Å². The van der Waals surface area contributed by atoms with E-state index in [4.69, 9.17) is 0 Å². The molecule has 158 valence electrons. The van der Waals surface area contributed by atoms with Crippen LogP contribution in [0.1, 0.15) is 23.6 Å². The molecule has 0 fully saturated rings. The van der Waals surface area contributed by atoms with E-state index >= 15 is 0 Å². The summed E-state index contributed by atoms with van der Waals surface area (Å²) >= 11 is 0. The van der Waals surface area contributed by atoms with Gasteiger partial charge in [-0.15, -0.1) is 0 Å². The molecule has 4 rings (SSSR count). The molecule has 0 saturated heterocycles. The molecule has 0 aliphatic rings. The minimum Gasteiger partial charge on any atom is -0.372 e. The van der Waals surface area contributed by atoms with Gasteiger partial charge < -0.3 is 5.11 Å². The first-order valence-electron chi connectivity index (χ1n) is 10.4. The number of carbonyl (C=O) groups is 1. The number of nitrogens with zero attached hydrogens (tertiary/aromatic N) is 1. The molecule has 0 aromatic heterocycles. The number of amides is 1. The van der Waals surface area contributed by atoms with Crippen molar-refractivity contribution in [2.24, 2.45) is 5.10 Å². The van der Waals surface area contributed by atoms with Crippen molar-refractivity contribution in [3.63, 3.8) is 0 Å².